The van der Waals surface area contributed by atoms with Gasteiger partial charge in [-0.25, -0.2) is 4.39 Å². The molecule has 0 fully saturated rings. The Labute approximate surface area is 152 Å². The first-order valence-corrected chi connectivity index (χ1v) is 8.52. The lowest BCUT2D eigenvalue weighted by molar-refractivity contribution is -0.00741. The van der Waals surface area contributed by atoms with Gasteiger partial charge in [-0.1, -0.05) is 50.4 Å². The second-order valence-electron chi connectivity index (χ2n) is 5.75. The van der Waals surface area contributed by atoms with Gasteiger partial charge in [0.2, 0.25) is 0 Å². The zero-order chi connectivity index (χ0) is 16.8. The van der Waals surface area contributed by atoms with Gasteiger partial charge < -0.3 is 4.84 Å². The summed E-state index contributed by atoms with van der Waals surface area (Å²) in [6.45, 7) is 3.90. The first-order valence-electron chi connectivity index (χ1n) is 6.97. The topological polar surface area (TPSA) is 21.6 Å². The van der Waals surface area contributed by atoms with Crippen molar-refractivity contribution in [3.63, 3.8) is 0 Å². The molecule has 0 saturated heterocycles. The van der Waals surface area contributed by atoms with E-state index >= 15 is 0 Å². The molecule has 0 bridgehead atoms. The van der Waals surface area contributed by atoms with Crippen molar-refractivity contribution in [2.45, 2.75) is 25.9 Å². The summed E-state index contributed by atoms with van der Waals surface area (Å²) in [4.78, 5) is 5.65. The number of hydrogen-bond acceptors (Lipinski definition) is 2. The van der Waals surface area contributed by atoms with Gasteiger partial charge in [-0.05, 0) is 49.2 Å². The average molecular weight is 417 g/mol. The van der Waals surface area contributed by atoms with Crippen LogP contribution in [0.25, 0.3) is 0 Å². The van der Waals surface area contributed by atoms with Crippen LogP contribution in [0.15, 0.2) is 40.0 Å². The third-order valence-corrected chi connectivity index (χ3v) is 5.39. The van der Waals surface area contributed by atoms with Gasteiger partial charge in [-0.3, -0.25) is 0 Å². The molecule has 0 amide bonds. The second-order valence-corrected chi connectivity index (χ2v) is 7.42. The minimum Gasteiger partial charge on any atom is -0.384 e. The minimum atomic E-state index is -0.725. The third-order valence-electron chi connectivity index (χ3n) is 3.95. The van der Waals surface area contributed by atoms with Gasteiger partial charge in [0.05, 0.1) is 15.8 Å². The molecule has 120 valence electrons. The van der Waals surface area contributed by atoms with E-state index in [2.05, 4.69) is 21.1 Å². The fraction of sp³-hybridized carbons (Fsp3) is 0.235. The predicted octanol–water partition coefficient (Wildman–Crippen LogP) is 6.24. The highest BCUT2D eigenvalue weighted by Crippen LogP contribution is 2.39. The van der Waals surface area contributed by atoms with Crippen molar-refractivity contribution in [3.8, 4) is 0 Å². The molecule has 0 spiro atoms. The second kappa shape index (κ2) is 6.08. The first-order chi connectivity index (χ1) is 10.8. The molecular weight excluding hydrogens is 404 g/mol. The van der Waals surface area contributed by atoms with Crippen molar-refractivity contribution >= 4 is 44.8 Å². The Morgan fingerprint density at radius 2 is 1.87 bits per heavy atom. The lowest BCUT2D eigenvalue weighted by atomic mass is 9.89. The summed E-state index contributed by atoms with van der Waals surface area (Å²) in [5.41, 5.74) is 2.92. The van der Waals surface area contributed by atoms with Crippen LogP contribution in [0.3, 0.4) is 0 Å². The quantitative estimate of drug-likeness (QED) is 0.530. The minimum absolute atomic E-state index is 0.0229. The van der Waals surface area contributed by atoms with Gasteiger partial charge in [-0.15, -0.1) is 0 Å². The van der Waals surface area contributed by atoms with Crippen LogP contribution in [-0.4, -0.2) is 5.71 Å². The van der Waals surface area contributed by atoms with E-state index < -0.39 is 11.4 Å². The van der Waals surface area contributed by atoms with Gasteiger partial charge in [0, 0.05) is 16.5 Å². The molecule has 1 heterocycles. The molecule has 0 aromatic heterocycles. The molecular formula is C17H13BrCl2FNO. The molecule has 1 aliphatic rings. The van der Waals surface area contributed by atoms with E-state index in [4.69, 9.17) is 28.0 Å². The van der Waals surface area contributed by atoms with E-state index in [-0.39, 0.29) is 10.0 Å². The van der Waals surface area contributed by atoms with E-state index in [0.717, 1.165) is 21.3 Å². The van der Waals surface area contributed by atoms with Gasteiger partial charge in [0.25, 0.3) is 0 Å². The largest absolute Gasteiger partial charge is 0.384 e. The highest BCUT2D eigenvalue weighted by atomic mass is 79.9. The Morgan fingerprint density at radius 3 is 2.48 bits per heavy atom. The Balaban J connectivity index is 1.91. The summed E-state index contributed by atoms with van der Waals surface area (Å²) in [6.07, 6.45) is 0.548. The first kappa shape index (κ1) is 16.7. The van der Waals surface area contributed by atoms with Gasteiger partial charge in [-0.2, -0.15) is 0 Å². The van der Waals surface area contributed by atoms with Crippen LogP contribution in [0.4, 0.5) is 4.39 Å². The standard InChI is InChI=1S/C17H13BrCl2FNO/c1-9-5-10(3-4-12(9)18)15-8-17(2,23-22-15)11-6-13(19)16(21)14(20)7-11/h3-7H,8H2,1-2H3. The van der Waals surface area contributed by atoms with E-state index in [1.807, 2.05) is 32.0 Å². The molecule has 1 atom stereocenters. The average Bonchev–Trinajstić information content (AvgIpc) is 2.91. The molecule has 1 unspecified atom stereocenters. The summed E-state index contributed by atoms with van der Waals surface area (Å²) in [7, 11) is 0. The molecule has 3 rings (SSSR count). The van der Waals surface area contributed by atoms with Crippen molar-refractivity contribution in [1.82, 2.24) is 0 Å². The number of nitrogens with zero attached hydrogens (tertiary/aromatic N) is 1. The zero-order valence-corrected chi connectivity index (χ0v) is 15.6. The monoisotopic (exact) mass is 415 g/mol. The van der Waals surface area contributed by atoms with Crippen LogP contribution >= 0.6 is 39.1 Å². The van der Waals surface area contributed by atoms with Crippen LogP contribution in [0, 0.1) is 12.7 Å². The number of rotatable bonds is 2. The van der Waals surface area contributed by atoms with Crippen LogP contribution in [0.5, 0.6) is 0 Å². The normalized spacial score (nSPS) is 20.3. The summed E-state index contributed by atoms with van der Waals surface area (Å²) in [6, 6.07) is 9.08. The maximum atomic E-state index is 13.6. The molecule has 1 aliphatic heterocycles. The fourth-order valence-corrected chi connectivity index (χ4v) is 3.27. The number of oxime groups is 1. The number of aryl methyl sites for hydroxylation is 1. The van der Waals surface area contributed by atoms with Crippen LogP contribution in [0.1, 0.15) is 30.0 Å². The van der Waals surface area contributed by atoms with E-state index in [1.165, 1.54) is 12.1 Å². The predicted molar refractivity (Wildman–Crippen MR) is 94.9 cm³/mol. The fourth-order valence-electron chi connectivity index (χ4n) is 2.53. The highest BCUT2D eigenvalue weighted by Gasteiger charge is 2.37. The summed E-state index contributed by atoms with van der Waals surface area (Å²) in [5.74, 6) is -0.622. The van der Waals surface area contributed by atoms with Crippen molar-refractivity contribution in [2.75, 3.05) is 0 Å². The van der Waals surface area contributed by atoms with Crippen molar-refractivity contribution < 1.29 is 9.23 Å². The summed E-state index contributed by atoms with van der Waals surface area (Å²) < 4.78 is 14.7. The Morgan fingerprint density at radius 1 is 1.22 bits per heavy atom. The molecule has 0 radical (unpaired) electrons. The number of benzene rings is 2. The van der Waals surface area contributed by atoms with Gasteiger partial charge >= 0.3 is 0 Å². The molecule has 0 saturated carbocycles. The van der Waals surface area contributed by atoms with Crippen LogP contribution in [-0.2, 0) is 10.4 Å². The lowest BCUT2D eigenvalue weighted by Crippen LogP contribution is -2.22. The number of hydrogen-bond donors (Lipinski definition) is 0. The summed E-state index contributed by atoms with van der Waals surface area (Å²) >= 11 is 15.3. The van der Waals surface area contributed by atoms with Crippen molar-refractivity contribution in [2.24, 2.45) is 5.16 Å². The van der Waals surface area contributed by atoms with E-state index in [1.54, 1.807) is 0 Å². The van der Waals surface area contributed by atoms with E-state index in [9.17, 15) is 4.39 Å². The Bertz CT molecular complexity index is 801. The molecule has 0 N–H and O–H groups in total. The zero-order valence-electron chi connectivity index (χ0n) is 12.5. The Kier molecular flexibility index (Phi) is 4.43. The molecule has 2 aromatic rings. The van der Waals surface area contributed by atoms with E-state index in [0.29, 0.717) is 12.0 Å². The number of halogens is 4. The smallest absolute Gasteiger partial charge is 0.165 e. The molecule has 0 aliphatic carbocycles. The maximum absolute atomic E-state index is 13.6. The van der Waals surface area contributed by atoms with Gasteiger partial charge in [0.15, 0.2) is 11.4 Å². The van der Waals surface area contributed by atoms with Crippen LogP contribution in [0.2, 0.25) is 10.0 Å². The third kappa shape index (κ3) is 3.12. The van der Waals surface area contributed by atoms with Crippen LogP contribution < -0.4 is 0 Å². The molecule has 23 heavy (non-hydrogen) atoms. The SMILES string of the molecule is Cc1cc(C2=NOC(C)(c3cc(Cl)c(F)c(Cl)c3)C2)ccc1Br. The summed E-state index contributed by atoms with van der Waals surface area (Å²) in [5, 5.41) is 4.16. The van der Waals surface area contributed by atoms with Crippen molar-refractivity contribution in [1.29, 1.82) is 0 Å². The maximum Gasteiger partial charge on any atom is 0.165 e. The lowest BCUT2D eigenvalue weighted by Gasteiger charge is -2.22. The van der Waals surface area contributed by atoms with Crippen molar-refractivity contribution in [3.05, 3.63) is 67.4 Å². The Hall–Kier alpha value is -1.10. The molecule has 2 aromatic carbocycles. The highest BCUT2D eigenvalue weighted by molar-refractivity contribution is 9.10. The molecule has 2 nitrogen and oxygen atoms in total. The molecule has 6 heteroatoms. The van der Waals surface area contributed by atoms with Gasteiger partial charge in [0.1, 0.15) is 0 Å².